The SMILES string of the molecule is CC1(C)C(=O)Nc2ccccc2N1C(=O)COC(=O)Cn1c2ccccc2c(=O)c2ccccc21. The van der Waals surface area contributed by atoms with E-state index in [1.165, 1.54) is 4.90 Å². The Labute approximate surface area is 200 Å². The van der Waals surface area contributed by atoms with Crippen molar-refractivity contribution in [2.75, 3.05) is 16.8 Å². The van der Waals surface area contributed by atoms with Gasteiger partial charge in [-0.15, -0.1) is 0 Å². The van der Waals surface area contributed by atoms with Crippen molar-refractivity contribution in [1.29, 1.82) is 0 Å². The Kier molecular flexibility index (Phi) is 5.36. The van der Waals surface area contributed by atoms with Crippen molar-refractivity contribution in [3.05, 3.63) is 83.0 Å². The van der Waals surface area contributed by atoms with Gasteiger partial charge in [-0.25, -0.2) is 0 Å². The second-order valence-electron chi connectivity index (χ2n) is 8.87. The number of esters is 1. The molecule has 1 N–H and O–H groups in total. The molecular weight excluding hydrogens is 446 g/mol. The minimum Gasteiger partial charge on any atom is -0.454 e. The van der Waals surface area contributed by atoms with Gasteiger partial charge in [-0.1, -0.05) is 36.4 Å². The van der Waals surface area contributed by atoms with Crippen molar-refractivity contribution in [2.24, 2.45) is 0 Å². The number of pyridine rings is 1. The predicted octanol–water partition coefficient (Wildman–Crippen LogP) is 3.46. The first-order chi connectivity index (χ1) is 16.8. The van der Waals surface area contributed by atoms with Crippen molar-refractivity contribution < 1.29 is 19.1 Å². The number of para-hydroxylation sites is 4. The molecule has 0 saturated carbocycles. The highest BCUT2D eigenvalue weighted by atomic mass is 16.5. The van der Waals surface area contributed by atoms with E-state index in [0.29, 0.717) is 33.2 Å². The molecule has 35 heavy (non-hydrogen) atoms. The fraction of sp³-hybridized carbons (Fsp3) is 0.185. The van der Waals surface area contributed by atoms with Crippen molar-refractivity contribution >= 4 is 51.0 Å². The van der Waals surface area contributed by atoms with Gasteiger partial charge in [0.05, 0.1) is 22.4 Å². The smallest absolute Gasteiger partial charge is 0.326 e. The average Bonchev–Trinajstić information content (AvgIpc) is 2.86. The van der Waals surface area contributed by atoms with Crippen molar-refractivity contribution in [2.45, 2.75) is 25.9 Å². The van der Waals surface area contributed by atoms with E-state index in [4.69, 9.17) is 4.74 Å². The number of nitrogens with one attached hydrogen (secondary N) is 1. The van der Waals surface area contributed by atoms with Crippen LogP contribution in [0, 0.1) is 0 Å². The largest absolute Gasteiger partial charge is 0.454 e. The highest BCUT2D eigenvalue weighted by Gasteiger charge is 2.43. The number of carbonyl (C=O) groups excluding carboxylic acids is 3. The molecule has 4 aromatic rings. The van der Waals surface area contributed by atoms with Crippen LogP contribution in [0.15, 0.2) is 77.6 Å². The highest BCUT2D eigenvalue weighted by molar-refractivity contribution is 6.14. The fourth-order valence-corrected chi connectivity index (χ4v) is 4.53. The molecule has 0 saturated heterocycles. The summed E-state index contributed by atoms with van der Waals surface area (Å²) in [6, 6.07) is 21.1. The lowest BCUT2D eigenvalue weighted by molar-refractivity contribution is -0.148. The van der Waals surface area contributed by atoms with Gasteiger partial charge in [-0.3, -0.25) is 24.1 Å². The van der Waals surface area contributed by atoms with Gasteiger partial charge in [0.15, 0.2) is 12.0 Å². The number of anilines is 2. The van der Waals surface area contributed by atoms with Gasteiger partial charge in [0.25, 0.3) is 5.91 Å². The van der Waals surface area contributed by atoms with Crippen molar-refractivity contribution in [3.8, 4) is 0 Å². The lowest BCUT2D eigenvalue weighted by atomic mass is 9.96. The number of hydrogen-bond acceptors (Lipinski definition) is 5. The Morgan fingerprint density at radius 3 is 2.09 bits per heavy atom. The van der Waals surface area contributed by atoms with Crippen LogP contribution in [0.4, 0.5) is 11.4 Å². The van der Waals surface area contributed by atoms with Gasteiger partial charge in [-0.2, -0.15) is 0 Å². The van der Waals surface area contributed by atoms with Gasteiger partial charge in [0.2, 0.25) is 5.91 Å². The number of hydrogen-bond donors (Lipinski definition) is 1. The molecule has 2 amide bonds. The molecule has 2 heterocycles. The first-order valence-electron chi connectivity index (χ1n) is 11.2. The fourth-order valence-electron chi connectivity index (χ4n) is 4.53. The minimum absolute atomic E-state index is 0.111. The Morgan fingerprint density at radius 2 is 1.43 bits per heavy atom. The van der Waals surface area contributed by atoms with Gasteiger partial charge >= 0.3 is 5.97 Å². The van der Waals surface area contributed by atoms with Crippen LogP contribution in [-0.2, 0) is 25.7 Å². The maximum Gasteiger partial charge on any atom is 0.326 e. The molecule has 1 aliphatic rings. The normalized spacial score (nSPS) is 14.5. The molecule has 8 nitrogen and oxygen atoms in total. The molecule has 1 aliphatic heterocycles. The standard InChI is InChI=1S/C27H23N3O5/c1-27(2)26(34)28-19-11-5-8-14-22(19)30(27)23(31)16-35-24(32)15-29-20-12-6-3-9-17(20)25(33)18-10-4-7-13-21(18)29/h3-14H,15-16H2,1-2H3,(H,28,34). The summed E-state index contributed by atoms with van der Waals surface area (Å²) in [5.41, 5.74) is 0.978. The third-order valence-corrected chi connectivity index (χ3v) is 6.28. The molecule has 0 atom stereocenters. The van der Waals surface area contributed by atoms with Gasteiger partial charge in [0, 0.05) is 10.8 Å². The van der Waals surface area contributed by atoms with Gasteiger partial charge in [-0.05, 0) is 50.2 Å². The van der Waals surface area contributed by atoms with Crippen LogP contribution in [0.25, 0.3) is 21.8 Å². The second kappa shape index (κ2) is 8.39. The predicted molar refractivity (Wildman–Crippen MR) is 133 cm³/mol. The summed E-state index contributed by atoms with van der Waals surface area (Å²) in [5, 5.41) is 3.79. The molecule has 0 bridgehead atoms. The molecule has 176 valence electrons. The number of carbonyl (C=O) groups is 3. The number of aromatic nitrogens is 1. The lowest BCUT2D eigenvalue weighted by Crippen LogP contribution is -2.59. The van der Waals surface area contributed by atoms with Crippen molar-refractivity contribution in [3.63, 3.8) is 0 Å². The number of nitrogens with zero attached hydrogens (tertiary/aromatic N) is 2. The molecule has 0 unspecified atom stereocenters. The summed E-state index contributed by atoms with van der Waals surface area (Å²) in [5.74, 6) is -1.48. The summed E-state index contributed by atoms with van der Waals surface area (Å²) in [7, 11) is 0. The van der Waals surface area contributed by atoms with Crippen LogP contribution in [0.2, 0.25) is 0 Å². The Hall–Kier alpha value is -4.46. The summed E-state index contributed by atoms with van der Waals surface area (Å²) < 4.78 is 7.09. The highest BCUT2D eigenvalue weighted by Crippen LogP contribution is 2.36. The number of benzene rings is 3. The van der Waals surface area contributed by atoms with Crippen LogP contribution in [0.3, 0.4) is 0 Å². The zero-order valence-corrected chi connectivity index (χ0v) is 19.3. The average molecular weight is 469 g/mol. The maximum atomic E-state index is 13.2. The Morgan fingerprint density at radius 1 is 0.857 bits per heavy atom. The molecule has 3 aromatic carbocycles. The van der Waals surface area contributed by atoms with E-state index in [0.717, 1.165) is 0 Å². The molecular formula is C27H23N3O5. The van der Waals surface area contributed by atoms with Crippen LogP contribution >= 0.6 is 0 Å². The molecule has 5 rings (SSSR count). The van der Waals surface area contributed by atoms with Crippen LogP contribution in [0.5, 0.6) is 0 Å². The molecule has 8 heteroatoms. The van der Waals surface area contributed by atoms with Crippen LogP contribution < -0.4 is 15.6 Å². The van der Waals surface area contributed by atoms with E-state index >= 15 is 0 Å². The summed E-state index contributed by atoms with van der Waals surface area (Å²) in [4.78, 5) is 52.9. The quantitative estimate of drug-likeness (QED) is 0.365. The van der Waals surface area contributed by atoms with E-state index in [1.807, 2.05) is 0 Å². The van der Waals surface area contributed by atoms with Gasteiger partial charge in [0.1, 0.15) is 12.1 Å². The molecule has 0 radical (unpaired) electrons. The van der Waals surface area contributed by atoms with E-state index in [1.54, 1.807) is 91.2 Å². The Balaban J connectivity index is 1.41. The number of ether oxygens (including phenoxy) is 1. The zero-order valence-electron chi connectivity index (χ0n) is 19.3. The molecule has 0 fully saturated rings. The van der Waals surface area contributed by atoms with E-state index in [-0.39, 0.29) is 17.9 Å². The maximum absolute atomic E-state index is 13.2. The van der Waals surface area contributed by atoms with Crippen molar-refractivity contribution in [1.82, 2.24) is 4.57 Å². The summed E-state index contributed by atoms with van der Waals surface area (Å²) in [6.45, 7) is 2.56. The number of fused-ring (bicyclic) bond motifs is 3. The van der Waals surface area contributed by atoms with E-state index in [9.17, 15) is 19.2 Å². The first-order valence-corrected chi connectivity index (χ1v) is 11.2. The van der Waals surface area contributed by atoms with E-state index < -0.39 is 24.0 Å². The molecule has 0 spiro atoms. The molecule has 0 aliphatic carbocycles. The van der Waals surface area contributed by atoms with Crippen LogP contribution in [-0.4, -0.2) is 34.5 Å². The summed E-state index contributed by atoms with van der Waals surface area (Å²) >= 11 is 0. The van der Waals surface area contributed by atoms with Crippen LogP contribution in [0.1, 0.15) is 13.8 Å². The second-order valence-corrected chi connectivity index (χ2v) is 8.87. The summed E-state index contributed by atoms with van der Waals surface area (Å²) in [6.07, 6.45) is 0. The third-order valence-electron chi connectivity index (χ3n) is 6.28. The zero-order chi connectivity index (χ0) is 24.7. The molecule has 1 aromatic heterocycles. The monoisotopic (exact) mass is 469 g/mol. The number of rotatable bonds is 4. The van der Waals surface area contributed by atoms with Gasteiger partial charge < -0.3 is 14.6 Å². The number of amides is 2. The minimum atomic E-state index is -1.16. The Bertz CT molecular complexity index is 1510. The topological polar surface area (TPSA) is 97.7 Å². The first kappa shape index (κ1) is 22.3. The third kappa shape index (κ3) is 3.73. The van der Waals surface area contributed by atoms with E-state index in [2.05, 4.69) is 5.32 Å². The lowest BCUT2D eigenvalue weighted by Gasteiger charge is -2.41.